The van der Waals surface area contributed by atoms with Crippen LogP contribution in [0.5, 0.6) is 0 Å². The van der Waals surface area contributed by atoms with Crippen molar-refractivity contribution in [1.29, 1.82) is 0 Å². The highest BCUT2D eigenvalue weighted by atomic mass is 16.7. The molecule has 3 heteroatoms. The lowest BCUT2D eigenvalue weighted by Crippen LogP contribution is -2.47. The summed E-state index contributed by atoms with van der Waals surface area (Å²) >= 11 is 0. The minimum atomic E-state index is -0.179. The Morgan fingerprint density at radius 2 is 1.79 bits per heavy atom. The van der Waals surface area contributed by atoms with Gasteiger partial charge in [-0.15, -0.1) is 0 Å². The Bertz CT molecular complexity index is 169. The summed E-state index contributed by atoms with van der Waals surface area (Å²) in [5.74, 6) is 0. The van der Waals surface area contributed by atoms with Gasteiger partial charge in [0, 0.05) is 10.8 Å². The van der Waals surface area contributed by atoms with E-state index in [2.05, 4.69) is 27.7 Å². The van der Waals surface area contributed by atoms with Crippen molar-refractivity contribution in [2.24, 2.45) is 10.8 Å². The number of ether oxygens (including phenoxy) is 2. The maximum Gasteiger partial charge on any atom is 0.162 e. The first-order valence-corrected chi connectivity index (χ1v) is 5.27. The first-order chi connectivity index (χ1) is 6.43. The predicted molar refractivity (Wildman–Crippen MR) is 55.0 cm³/mol. The Balaban J connectivity index is 2.53. The van der Waals surface area contributed by atoms with Crippen LogP contribution in [-0.2, 0) is 9.47 Å². The minimum absolute atomic E-state index is 0.00928. The highest BCUT2D eigenvalue weighted by Crippen LogP contribution is 2.33. The van der Waals surface area contributed by atoms with Gasteiger partial charge in [-0.3, -0.25) is 0 Å². The van der Waals surface area contributed by atoms with E-state index in [1.165, 1.54) is 0 Å². The van der Waals surface area contributed by atoms with Crippen molar-refractivity contribution in [2.45, 2.75) is 40.4 Å². The van der Waals surface area contributed by atoms with Gasteiger partial charge in [0.15, 0.2) is 6.29 Å². The number of hydrogen-bond donors (Lipinski definition) is 1. The molecule has 1 aliphatic heterocycles. The number of rotatable bonds is 2. The van der Waals surface area contributed by atoms with Crippen LogP contribution in [0.15, 0.2) is 0 Å². The van der Waals surface area contributed by atoms with Gasteiger partial charge in [0.05, 0.1) is 19.8 Å². The van der Waals surface area contributed by atoms with Gasteiger partial charge in [0.25, 0.3) is 0 Å². The van der Waals surface area contributed by atoms with Crippen LogP contribution < -0.4 is 0 Å². The van der Waals surface area contributed by atoms with Crippen LogP contribution in [0.2, 0.25) is 0 Å². The van der Waals surface area contributed by atoms with Crippen LogP contribution in [0.25, 0.3) is 0 Å². The Morgan fingerprint density at radius 1 is 1.29 bits per heavy atom. The van der Waals surface area contributed by atoms with Gasteiger partial charge in [0.2, 0.25) is 0 Å². The van der Waals surface area contributed by atoms with E-state index < -0.39 is 0 Å². The van der Waals surface area contributed by atoms with Gasteiger partial charge in [-0.25, -0.2) is 0 Å². The van der Waals surface area contributed by atoms with E-state index in [4.69, 9.17) is 9.47 Å². The molecule has 0 aromatic carbocycles. The molecule has 0 aliphatic carbocycles. The van der Waals surface area contributed by atoms with Crippen molar-refractivity contribution in [3.05, 3.63) is 0 Å². The first-order valence-electron chi connectivity index (χ1n) is 5.27. The molecule has 0 radical (unpaired) electrons. The normalized spacial score (nSPS) is 34.5. The van der Waals surface area contributed by atoms with Crippen LogP contribution in [0.1, 0.15) is 34.1 Å². The number of aliphatic hydroxyl groups is 1. The van der Waals surface area contributed by atoms with E-state index in [-0.39, 0.29) is 23.7 Å². The summed E-state index contributed by atoms with van der Waals surface area (Å²) in [5, 5.41) is 9.27. The van der Waals surface area contributed by atoms with Crippen molar-refractivity contribution in [1.82, 2.24) is 0 Å². The molecule has 1 N–H and O–H groups in total. The second-order valence-electron chi connectivity index (χ2n) is 5.33. The molecule has 0 unspecified atom stereocenters. The zero-order valence-electron chi connectivity index (χ0n) is 9.67. The molecule has 3 nitrogen and oxygen atoms in total. The van der Waals surface area contributed by atoms with Crippen LogP contribution in [0.4, 0.5) is 0 Å². The van der Waals surface area contributed by atoms with Gasteiger partial charge >= 0.3 is 0 Å². The van der Waals surface area contributed by atoms with Gasteiger partial charge in [0.1, 0.15) is 0 Å². The van der Waals surface area contributed by atoms with E-state index in [0.717, 1.165) is 6.42 Å². The standard InChI is InChI=1S/C11H22O3/c1-5-11(6-12)7-13-9(14-8-11)10(2,3)4/h9,12H,5-8H2,1-4H3. The van der Waals surface area contributed by atoms with Crippen LogP contribution in [0, 0.1) is 10.8 Å². The smallest absolute Gasteiger partial charge is 0.162 e. The zero-order chi connectivity index (χ0) is 10.8. The second-order valence-corrected chi connectivity index (χ2v) is 5.33. The molecule has 0 saturated carbocycles. The molecule has 14 heavy (non-hydrogen) atoms. The molecule has 1 heterocycles. The van der Waals surface area contributed by atoms with Crippen LogP contribution in [-0.4, -0.2) is 31.2 Å². The van der Waals surface area contributed by atoms with Crippen molar-refractivity contribution in [3.8, 4) is 0 Å². The third-order valence-corrected chi connectivity index (χ3v) is 2.87. The van der Waals surface area contributed by atoms with E-state index in [1.54, 1.807) is 0 Å². The largest absolute Gasteiger partial charge is 0.396 e. The number of aliphatic hydroxyl groups excluding tert-OH is 1. The lowest BCUT2D eigenvalue weighted by molar-refractivity contribution is -0.271. The van der Waals surface area contributed by atoms with E-state index in [9.17, 15) is 5.11 Å². The predicted octanol–water partition coefficient (Wildman–Crippen LogP) is 1.79. The summed E-state index contributed by atoms with van der Waals surface area (Å²) in [4.78, 5) is 0. The van der Waals surface area contributed by atoms with Gasteiger partial charge in [-0.1, -0.05) is 27.7 Å². The number of hydrogen-bond acceptors (Lipinski definition) is 3. The van der Waals surface area contributed by atoms with Crippen molar-refractivity contribution < 1.29 is 14.6 Å². The quantitative estimate of drug-likeness (QED) is 0.742. The molecule has 0 atom stereocenters. The molecular weight excluding hydrogens is 180 g/mol. The van der Waals surface area contributed by atoms with Crippen LogP contribution >= 0.6 is 0 Å². The van der Waals surface area contributed by atoms with Crippen molar-refractivity contribution in [2.75, 3.05) is 19.8 Å². The van der Waals surface area contributed by atoms with Crippen molar-refractivity contribution in [3.63, 3.8) is 0 Å². The zero-order valence-corrected chi connectivity index (χ0v) is 9.67. The molecule has 0 spiro atoms. The summed E-state index contributed by atoms with van der Waals surface area (Å²) < 4.78 is 11.3. The maximum atomic E-state index is 9.27. The Labute approximate surface area is 86.4 Å². The fraction of sp³-hybridized carbons (Fsp3) is 1.00. The van der Waals surface area contributed by atoms with E-state index in [0.29, 0.717) is 13.2 Å². The fourth-order valence-electron chi connectivity index (χ4n) is 1.50. The van der Waals surface area contributed by atoms with E-state index >= 15 is 0 Å². The third-order valence-electron chi connectivity index (χ3n) is 2.87. The highest BCUT2D eigenvalue weighted by Gasteiger charge is 2.39. The fourth-order valence-corrected chi connectivity index (χ4v) is 1.50. The summed E-state index contributed by atoms with van der Waals surface area (Å²) in [6.07, 6.45) is 0.745. The van der Waals surface area contributed by atoms with Gasteiger partial charge in [-0.05, 0) is 6.42 Å². The Kier molecular flexibility index (Phi) is 3.56. The maximum absolute atomic E-state index is 9.27. The SMILES string of the molecule is CCC1(CO)COC(C(C)(C)C)OC1. The molecule has 1 rings (SSSR count). The molecular formula is C11H22O3. The summed E-state index contributed by atoms with van der Waals surface area (Å²) in [5.41, 5.74) is -0.170. The molecule has 84 valence electrons. The molecule has 1 fully saturated rings. The molecule has 1 aliphatic rings. The Morgan fingerprint density at radius 3 is 2.07 bits per heavy atom. The van der Waals surface area contributed by atoms with Crippen LogP contribution in [0.3, 0.4) is 0 Å². The molecule has 1 saturated heterocycles. The molecule has 0 aromatic rings. The average molecular weight is 202 g/mol. The molecule has 0 bridgehead atoms. The minimum Gasteiger partial charge on any atom is -0.396 e. The molecule has 0 aromatic heterocycles. The third kappa shape index (κ3) is 2.47. The van der Waals surface area contributed by atoms with E-state index in [1.807, 2.05) is 0 Å². The topological polar surface area (TPSA) is 38.7 Å². The lowest BCUT2D eigenvalue weighted by atomic mass is 9.86. The highest BCUT2D eigenvalue weighted by molar-refractivity contribution is 4.82. The second kappa shape index (κ2) is 4.17. The average Bonchev–Trinajstić information content (AvgIpc) is 2.16. The summed E-state index contributed by atoms with van der Waals surface area (Å²) in [7, 11) is 0. The monoisotopic (exact) mass is 202 g/mol. The lowest BCUT2D eigenvalue weighted by Gasteiger charge is -2.42. The molecule has 0 amide bonds. The first kappa shape index (κ1) is 12.0. The summed E-state index contributed by atoms with van der Waals surface area (Å²) in [6.45, 7) is 9.67. The van der Waals surface area contributed by atoms with Gasteiger partial charge < -0.3 is 14.6 Å². The van der Waals surface area contributed by atoms with Crippen molar-refractivity contribution >= 4 is 0 Å². The van der Waals surface area contributed by atoms with Gasteiger partial charge in [-0.2, -0.15) is 0 Å². The Hall–Kier alpha value is -0.120. The summed E-state index contributed by atoms with van der Waals surface area (Å²) in [6, 6.07) is 0.